The molecule has 0 fully saturated rings. The molecular weight excluding hydrogens is 358 g/mol. The predicted octanol–water partition coefficient (Wildman–Crippen LogP) is 1.71. The molecule has 2 atom stereocenters. The number of para-hydroxylation sites is 3. The van der Waals surface area contributed by atoms with Crippen LogP contribution in [0.2, 0.25) is 0 Å². The molecule has 0 saturated heterocycles. The Morgan fingerprint density at radius 1 is 1.25 bits per heavy atom. The van der Waals surface area contributed by atoms with Gasteiger partial charge in [-0.25, -0.2) is 0 Å². The number of carbonyl (C=O) groups excluding carboxylic acids is 2. The molecule has 1 aliphatic rings. The van der Waals surface area contributed by atoms with Gasteiger partial charge in [0.2, 0.25) is 5.91 Å². The summed E-state index contributed by atoms with van der Waals surface area (Å²) < 4.78 is 11.3. The number of rotatable bonds is 6. The molecule has 0 spiro atoms. The first-order valence-corrected chi connectivity index (χ1v) is 9.18. The number of benzene rings is 2. The highest BCUT2D eigenvalue weighted by atomic mass is 16.5. The van der Waals surface area contributed by atoms with E-state index in [1.165, 1.54) is 0 Å². The van der Waals surface area contributed by atoms with E-state index >= 15 is 0 Å². The van der Waals surface area contributed by atoms with E-state index in [2.05, 4.69) is 10.6 Å². The van der Waals surface area contributed by atoms with E-state index < -0.39 is 12.1 Å². The van der Waals surface area contributed by atoms with E-state index in [4.69, 9.17) is 9.47 Å². The number of carbonyl (C=O) groups is 2. The first kappa shape index (κ1) is 19.7. The van der Waals surface area contributed by atoms with Crippen LogP contribution in [0.5, 0.6) is 11.5 Å². The SMILES string of the molecule is CN[C@@H](C)C(=O)N[C@H]1COc2ccccc2N(Cc2ccccc2OC)C1=O. The van der Waals surface area contributed by atoms with Crippen LogP contribution in [0.3, 0.4) is 0 Å². The Morgan fingerprint density at radius 2 is 1.96 bits per heavy atom. The second-order valence-corrected chi connectivity index (χ2v) is 6.59. The molecule has 2 aromatic rings. The van der Waals surface area contributed by atoms with Crippen LogP contribution in [0.25, 0.3) is 0 Å². The van der Waals surface area contributed by atoms with Gasteiger partial charge in [-0.05, 0) is 32.2 Å². The van der Waals surface area contributed by atoms with Crippen molar-refractivity contribution in [2.75, 3.05) is 25.7 Å². The number of ether oxygens (including phenoxy) is 2. The van der Waals surface area contributed by atoms with Gasteiger partial charge in [-0.2, -0.15) is 0 Å². The Balaban J connectivity index is 1.93. The maximum Gasteiger partial charge on any atom is 0.253 e. The van der Waals surface area contributed by atoms with Gasteiger partial charge in [-0.3, -0.25) is 9.59 Å². The number of hydrogen-bond donors (Lipinski definition) is 2. The van der Waals surface area contributed by atoms with Crippen molar-refractivity contribution < 1.29 is 19.1 Å². The van der Waals surface area contributed by atoms with Crippen LogP contribution in [0, 0.1) is 0 Å². The van der Waals surface area contributed by atoms with Crippen LogP contribution < -0.4 is 25.0 Å². The number of methoxy groups -OCH3 is 1. The number of likely N-dealkylation sites (N-methyl/N-ethyl adjacent to an activating group) is 1. The van der Waals surface area contributed by atoms with Gasteiger partial charge in [0.15, 0.2) is 0 Å². The smallest absolute Gasteiger partial charge is 0.253 e. The molecule has 0 radical (unpaired) electrons. The molecular formula is C21H25N3O4. The van der Waals surface area contributed by atoms with Gasteiger partial charge in [0.1, 0.15) is 24.1 Å². The lowest BCUT2D eigenvalue weighted by Gasteiger charge is -2.26. The third kappa shape index (κ3) is 4.09. The predicted molar refractivity (Wildman–Crippen MR) is 107 cm³/mol. The average molecular weight is 383 g/mol. The van der Waals surface area contributed by atoms with Crippen LogP contribution in [-0.4, -0.2) is 44.7 Å². The third-order valence-electron chi connectivity index (χ3n) is 4.79. The van der Waals surface area contributed by atoms with Crippen molar-refractivity contribution in [2.45, 2.75) is 25.6 Å². The molecule has 2 amide bonds. The van der Waals surface area contributed by atoms with Crippen molar-refractivity contribution in [3.8, 4) is 11.5 Å². The molecule has 2 N–H and O–H groups in total. The fraction of sp³-hybridized carbons (Fsp3) is 0.333. The van der Waals surface area contributed by atoms with Crippen molar-refractivity contribution in [3.05, 3.63) is 54.1 Å². The summed E-state index contributed by atoms with van der Waals surface area (Å²) in [6.07, 6.45) is 0. The zero-order valence-corrected chi connectivity index (χ0v) is 16.3. The first-order chi connectivity index (χ1) is 13.5. The van der Waals surface area contributed by atoms with Gasteiger partial charge in [-0.1, -0.05) is 30.3 Å². The average Bonchev–Trinajstić information content (AvgIpc) is 2.85. The lowest BCUT2D eigenvalue weighted by atomic mass is 10.1. The zero-order valence-electron chi connectivity index (χ0n) is 16.3. The molecule has 28 heavy (non-hydrogen) atoms. The van der Waals surface area contributed by atoms with Crippen molar-refractivity contribution in [2.24, 2.45) is 0 Å². The lowest BCUT2D eigenvalue weighted by molar-refractivity contribution is -0.129. The summed E-state index contributed by atoms with van der Waals surface area (Å²) in [5.74, 6) is 0.812. The monoisotopic (exact) mass is 383 g/mol. The number of fused-ring (bicyclic) bond motifs is 1. The minimum atomic E-state index is -0.787. The van der Waals surface area contributed by atoms with Crippen molar-refractivity contribution >= 4 is 17.5 Å². The quantitative estimate of drug-likeness (QED) is 0.794. The molecule has 148 valence electrons. The second kappa shape index (κ2) is 8.75. The maximum atomic E-state index is 13.3. The van der Waals surface area contributed by atoms with Gasteiger partial charge in [0.25, 0.3) is 5.91 Å². The lowest BCUT2D eigenvalue weighted by Crippen LogP contribution is -2.53. The minimum Gasteiger partial charge on any atom is -0.496 e. The van der Waals surface area contributed by atoms with Crippen molar-refractivity contribution in [1.29, 1.82) is 0 Å². The molecule has 1 aliphatic heterocycles. The Hall–Kier alpha value is -3.06. The fourth-order valence-corrected chi connectivity index (χ4v) is 3.05. The largest absolute Gasteiger partial charge is 0.496 e. The molecule has 7 heteroatoms. The summed E-state index contributed by atoms with van der Waals surface area (Å²) in [7, 11) is 3.29. The normalized spacial score (nSPS) is 17.2. The molecule has 0 bridgehead atoms. The van der Waals surface area contributed by atoms with E-state index in [1.807, 2.05) is 48.5 Å². The summed E-state index contributed by atoms with van der Waals surface area (Å²) in [4.78, 5) is 27.3. The van der Waals surface area contributed by atoms with Crippen LogP contribution >= 0.6 is 0 Å². The maximum absolute atomic E-state index is 13.3. The Bertz CT molecular complexity index is 855. The first-order valence-electron chi connectivity index (χ1n) is 9.18. The summed E-state index contributed by atoms with van der Waals surface area (Å²) in [6, 6.07) is 13.7. The van der Waals surface area contributed by atoms with E-state index in [9.17, 15) is 9.59 Å². The number of hydrogen-bond acceptors (Lipinski definition) is 5. The molecule has 1 heterocycles. The molecule has 0 unspecified atom stereocenters. The van der Waals surface area contributed by atoms with Crippen molar-refractivity contribution in [3.63, 3.8) is 0 Å². The van der Waals surface area contributed by atoms with Crippen LogP contribution in [-0.2, 0) is 16.1 Å². The molecule has 0 aromatic heterocycles. The summed E-state index contributed by atoms with van der Waals surface area (Å²) in [5, 5.41) is 5.66. The summed E-state index contributed by atoms with van der Waals surface area (Å²) in [5.41, 5.74) is 1.53. The fourth-order valence-electron chi connectivity index (χ4n) is 3.05. The Kier molecular flexibility index (Phi) is 6.16. The van der Waals surface area contributed by atoms with E-state index in [0.717, 1.165) is 5.56 Å². The van der Waals surface area contributed by atoms with Crippen LogP contribution in [0.15, 0.2) is 48.5 Å². The Labute approximate surface area is 164 Å². The standard InChI is InChI=1S/C21H25N3O4/c1-14(22-2)20(25)23-16-13-28-19-11-7-5-9-17(19)24(21(16)26)12-15-8-4-6-10-18(15)27-3/h4-11,14,16,22H,12-13H2,1-3H3,(H,23,25)/t14-,16-/m0/s1. The summed E-state index contributed by atoms with van der Waals surface area (Å²) in [6.45, 7) is 2.11. The van der Waals surface area contributed by atoms with Gasteiger partial charge >= 0.3 is 0 Å². The van der Waals surface area contributed by atoms with Gasteiger partial charge in [-0.15, -0.1) is 0 Å². The van der Waals surface area contributed by atoms with Crippen LogP contribution in [0.1, 0.15) is 12.5 Å². The van der Waals surface area contributed by atoms with E-state index in [0.29, 0.717) is 23.7 Å². The highest BCUT2D eigenvalue weighted by molar-refractivity contribution is 6.01. The number of nitrogens with one attached hydrogen (secondary N) is 2. The van der Waals surface area contributed by atoms with Crippen molar-refractivity contribution in [1.82, 2.24) is 10.6 Å². The zero-order chi connectivity index (χ0) is 20.1. The third-order valence-corrected chi connectivity index (χ3v) is 4.79. The number of amides is 2. The molecule has 3 rings (SSSR count). The van der Waals surface area contributed by atoms with Crippen LogP contribution in [0.4, 0.5) is 5.69 Å². The van der Waals surface area contributed by atoms with E-state index in [-0.39, 0.29) is 18.4 Å². The van der Waals surface area contributed by atoms with Gasteiger partial charge < -0.3 is 25.0 Å². The highest BCUT2D eigenvalue weighted by Gasteiger charge is 2.33. The molecule has 7 nitrogen and oxygen atoms in total. The number of anilines is 1. The molecule has 2 aromatic carbocycles. The summed E-state index contributed by atoms with van der Waals surface area (Å²) >= 11 is 0. The van der Waals surface area contributed by atoms with Gasteiger partial charge in [0, 0.05) is 5.56 Å². The number of nitrogens with zero attached hydrogens (tertiary/aromatic N) is 1. The Morgan fingerprint density at radius 3 is 2.71 bits per heavy atom. The molecule has 0 saturated carbocycles. The highest BCUT2D eigenvalue weighted by Crippen LogP contribution is 2.33. The minimum absolute atomic E-state index is 0.0699. The van der Waals surface area contributed by atoms with Gasteiger partial charge in [0.05, 0.1) is 25.4 Å². The second-order valence-electron chi connectivity index (χ2n) is 6.59. The topological polar surface area (TPSA) is 79.9 Å². The molecule has 0 aliphatic carbocycles. The van der Waals surface area contributed by atoms with E-state index in [1.54, 1.807) is 26.0 Å².